The average Bonchev–Trinajstić information content (AvgIpc) is 3.20. The van der Waals surface area contributed by atoms with Gasteiger partial charge in [-0.15, -0.1) is 0 Å². The molecular weight excluding hydrogens is 737 g/mol. The second-order valence-electron chi connectivity index (χ2n) is 13.9. The lowest BCUT2D eigenvalue weighted by Crippen LogP contribution is -2.27. The van der Waals surface area contributed by atoms with Gasteiger partial charge in [-0.25, -0.2) is 4.57 Å². The summed E-state index contributed by atoms with van der Waals surface area (Å²) in [6.07, 6.45) is 54.8. The number of aliphatic hydroxyl groups is 1. The van der Waals surface area contributed by atoms with Crippen LogP contribution < -0.4 is 5.32 Å². The van der Waals surface area contributed by atoms with E-state index in [-0.39, 0.29) is 32.1 Å². The summed E-state index contributed by atoms with van der Waals surface area (Å²) < 4.78 is 26.9. The molecule has 0 heterocycles. The number of rotatable bonds is 39. The van der Waals surface area contributed by atoms with Gasteiger partial charge in [0.1, 0.15) is 12.7 Å². The highest BCUT2D eigenvalue weighted by Crippen LogP contribution is 2.42. The summed E-state index contributed by atoms with van der Waals surface area (Å²) in [4.78, 5) is 33.9. The molecule has 0 saturated heterocycles. The van der Waals surface area contributed by atoms with E-state index >= 15 is 0 Å². The molecule has 0 aliphatic rings. The van der Waals surface area contributed by atoms with Crippen LogP contribution in [0.1, 0.15) is 155 Å². The highest BCUT2D eigenvalue weighted by molar-refractivity contribution is 7.47. The zero-order valence-electron chi connectivity index (χ0n) is 35.5. The number of unbranched alkanes of at least 4 members (excludes halogenated alkanes) is 10. The van der Waals surface area contributed by atoms with Crippen LogP contribution in [0, 0.1) is 0 Å². The van der Waals surface area contributed by atoms with E-state index in [1.54, 1.807) is 0 Å². The highest BCUT2D eigenvalue weighted by atomic mass is 31.2. The van der Waals surface area contributed by atoms with Gasteiger partial charge in [0.2, 0.25) is 5.91 Å². The molecule has 0 aromatic rings. The Balaban J connectivity index is 3.69. The van der Waals surface area contributed by atoms with Gasteiger partial charge in [0, 0.05) is 19.4 Å². The lowest BCUT2D eigenvalue weighted by molar-refractivity contribution is -0.147. The van der Waals surface area contributed by atoms with E-state index in [1.807, 2.05) is 0 Å². The van der Waals surface area contributed by atoms with Crippen molar-refractivity contribution < 1.29 is 37.9 Å². The van der Waals surface area contributed by atoms with Crippen LogP contribution in [0.25, 0.3) is 0 Å². The number of hydrogen-bond donors (Lipinski definition) is 3. The SMILES string of the molecule is CC/C=C\C/C=C\C/C=C\C/C=C\C/C=C\CCCCCC(=O)NCCOP(=O)(O)OCC(O)COC(=O)CCCCCCCCC/C=C\C/C=C\C/C=C\CC. The lowest BCUT2D eigenvalue weighted by atomic mass is 10.1. The third-order valence-corrected chi connectivity index (χ3v) is 9.49. The second kappa shape index (κ2) is 42.5. The fraction of sp³-hybridized carbons (Fsp3) is 0.617. The van der Waals surface area contributed by atoms with Crippen LogP contribution in [0.4, 0.5) is 0 Å². The Kier molecular flexibility index (Phi) is 40.2. The van der Waals surface area contributed by atoms with Crippen LogP contribution >= 0.6 is 7.82 Å². The molecule has 2 atom stereocenters. The molecule has 0 radical (unpaired) electrons. The van der Waals surface area contributed by atoms with Crippen molar-refractivity contribution in [2.75, 3.05) is 26.4 Å². The van der Waals surface area contributed by atoms with Crippen molar-refractivity contribution in [1.82, 2.24) is 5.32 Å². The standard InChI is InChI=1S/C47H78NO8P/c1-3-5-7-9-11-13-15-17-19-21-22-24-25-27-29-31-33-35-37-39-46(50)48-41-42-55-57(52,53)56-44-45(49)43-54-47(51)40-38-36-34-32-30-28-26-23-20-18-16-14-12-10-8-6-4-2/h5-8,11-14,17-20,22,24,27,29,45,49H,3-4,9-10,15-16,21,23,25-26,28,30-44H2,1-2H3,(H,48,50)(H,52,53)/b7-5-,8-6-,13-11-,14-12-,19-17-,20-18-,24-22-,29-27-. The van der Waals surface area contributed by atoms with Crippen LogP contribution in [0.5, 0.6) is 0 Å². The van der Waals surface area contributed by atoms with Gasteiger partial charge in [-0.05, 0) is 89.9 Å². The number of ether oxygens (including phenoxy) is 1. The molecule has 0 aromatic carbocycles. The van der Waals surface area contributed by atoms with Crippen LogP contribution in [0.2, 0.25) is 0 Å². The molecule has 2 unspecified atom stereocenters. The van der Waals surface area contributed by atoms with Crippen molar-refractivity contribution in [1.29, 1.82) is 0 Å². The Morgan fingerprint density at radius 1 is 0.544 bits per heavy atom. The highest BCUT2D eigenvalue weighted by Gasteiger charge is 2.23. The first kappa shape index (κ1) is 53.9. The number of phosphoric acid groups is 1. The summed E-state index contributed by atoms with van der Waals surface area (Å²) >= 11 is 0. The van der Waals surface area contributed by atoms with Crippen molar-refractivity contribution >= 4 is 19.7 Å². The lowest BCUT2D eigenvalue weighted by Gasteiger charge is -2.15. The number of carbonyl (C=O) groups is 2. The molecule has 9 nitrogen and oxygen atoms in total. The molecule has 1 amide bonds. The fourth-order valence-electron chi connectivity index (χ4n) is 5.30. The number of hydrogen-bond acceptors (Lipinski definition) is 7. The first-order valence-corrected chi connectivity index (χ1v) is 23.2. The summed E-state index contributed by atoms with van der Waals surface area (Å²) in [7, 11) is -4.44. The summed E-state index contributed by atoms with van der Waals surface area (Å²) in [5, 5.41) is 12.7. The van der Waals surface area contributed by atoms with Crippen molar-refractivity contribution in [3.63, 3.8) is 0 Å². The zero-order chi connectivity index (χ0) is 41.8. The number of allylic oxidation sites excluding steroid dienone is 16. The smallest absolute Gasteiger partial charge is 0.463 e. The van der Waals surface area contributed by atoms with Gasteiger partial charge < -0.3 is 20.1 Å². The molecule has 324 valence electrons. The molecule has 0 rings (SSSR count). The summed E-state index contributed by atoms with van der Waals surface area (Å²) in [5.74, 6) is -0.568. The molecule has 0 aliphatic heterocycles. The molecule has 0 saturated carbocycles. The molecule has 3 N–H and O–H groups in total. The van der Waals surface area contributed by atoms with E-state index in [2.05, 4.69) is 116 Å². The first-order chi connectivity index (χ1) is 27.8. The third kappa shape index (κ3) is 43.9. The van der Waals surface area contributed by atoms with E-state index in [4.69, 9.17) is 13.8 Å². The first-order valence-electron chi connectivity index (χ1n) is 21.7. The van der Waals surface area contributed by atoms with Crippen molar-refractivity contribution in [3.8, 4) is 0 Å². The predicted molar refractivity (Wildman–Crippen MR) is 238 cm³/mol. The molecule has 0 bridgehead atoms. The largest absolute Gasteiger partial charge is 0.472 e. The minimum atomic E-state index is -4.44. The summed E-state index contributed by atoms with van der Waals surface area (Å²) in [6, 6.07) is 0. The minimum absolute atomic E-state index is 0.0562. The van der Waals surface area contributed by atoms with E-state index < -0.39 is 26.5 Å². The predicted octanol–water partition coefficient (Wildman–Crippen LogP) is 12.2. The van der Waals surface area contributed by atoms with Gasteiger partial charge in [0.15, 0.2) is 0 Å². The van der Waals surface area contributed by atoms with E-state index in [0.717, 1.165) is 109 Å². The van der Waals surface area contributed by atoms with Crippen LogP contribution in [-0.2, 0) is 27.9 Å². The van der Waals surface area contributed by atoms with Crippen molar-refractivity contribution in [3.05, 3.63) is 97.2 Å². The van der Waals surface area contributed by atoms with Crippen LogP contribution in [-0.4, -0.2) is 54.3 Å². The van der Waals surface area contributed by atoms with Gasteiger partial charge >= 0.3 is 13.8 Å². The normalized spacial score (nSPS) is 14.2. The van der Waals surface area contributed by atoms with E-state index in [9.17, 15) is 24.2 Å². The number of nitrogens with one attached hydrogen (secondary N) is 1. The average molecular weight is 816 g/mol. The molecular formula is C47H78NO8P. The van der Waals surface area contributed by atoms with E-state index in [0.29, 0.717) is 6.42 Å². The Bertz CT molecular complexity index is 1250. The minimum Gasteiger partial charge on any atom is -0.463 e. The zero-order valence-corrected chi connectivity index (χ0v) is 36.4. The Morgan fingerprint density at radius 3 is 1.44 bits per heavy atom. The summed E-state index contributed by atoms with van der Waals surface area (Å²) in [5.41, 5.74) is 0. The maximum atomic E-state index is 12.1. The summed E-state index contributed by atoms with van der Waals surface area (Å²) in [6.45, 7) is 3.25. The molecule has 57 heavy (non-hydrogen) atoms. The van der Waals surface area contributed by atoms with Gasteiger partial charge in [0.05, 0.1) is 13.2 Å². The van der Waals surface area contributed by atoms with Crippen LogP contribution in [0.3, 0.4) is 0 Å². The fourth-order valence-corrected chi connectivity index (χ4v) is 6.06. The Hall–Kier alpha value is -3.07. The third-order valence-electron chi connectivity index (χ3n) is 8.51. The molecule has 0 aromatic heterocycles. The van der Waals surface area contributed by atoms with Crippen molar-refractivity contribution in [2.24, 2.45) is 0 Å². The molecule has 0 spiro atoms. The van der Waals surface area contributed by atoms with Gasteiger partial charge in [0.25, 0.3) is 0 Å². The van der Waals surface area contributed by atoms with Gasteiger partial charge in [-0.3, -0.25) is 18.6 Å². The molecule has 0 fully saturated rings. The second-order valence-corrected chi connectivity index (χ2v) is 15.4. The molecule has 10 heteroatoms. The topological polar surface area (TPSA) is 131 Å². The van der Waals surface area contributed by atoms with E-state index in [1.165, 1.54) is 19.3 Å². The Labute approximate surface area is 346 Å². The van der Waals surface area contributed by atoms with Gasteiger partial charge in [-0.1, -0.05) is 150 Å². The maximum absolute atomic E-state index is 12.1. The van der Waals surface area contributed by atoms with Crippen LogP contribution in [0.15, 0.2) is 97.2 Å². The number of aliphatic hydroxyl groups excluding tert-OH is 1. The maximum Gasteiger partial charge on any atom is 0.472 e. The number of esters is 1. The number of carbonyl (C=O) groups excluding carboxylic acids is 2. The quantitative estimate of drug-likeness (QED) is 0.0242. The monoisotopic (exact) mass is 816 g/mol. The van der Waals surface area contributed by atoms with Crippen molar-refractivity contribution in [2.45, 2.75) is 161 Å². The molecule has 0 aliphatic carbocycles. The van der Waals surface area contributed by atoms with Gasteiger partial charge in [-0.2, -0.15) is 0 Å². The Morgan fingerprint density at radius 2 is 0.947 bits per heavy atom. The number of amides is 1. The number of phosphoric ester groups is 1.